The summed E-state index contributed by atoms with van der Waals surface area (Å²) in [6, 6.07) is 16.5. The molecule has 1 aliphatic heterocycles. The van der Waals surface area contributed by atoms with Crippen LogP contribution in [0.25, 0.3) is 5.70 Å². The molecule has 1 aliphatic rings. The van der Waals surface area contributed by atoms with Crippen LogP contribution in [0.15, 0.2) is 53.5 Å². The molecule has 2 aromatic carbocycles. The van der Waals surface area contributed by atoms with Crippen molar-refractivity contribution in [1.29, 1.82) is 0 Å². The molecule has 1 N–H and O–H groups in total. The van der Waals surface area contributed by atoms with E-state index >= 15 is 0 Å². The monoisotopic (exact) mass is 280 g/mol. The van der Waals surface area contributed by atoms with E-state index in [2.05, 4.69) is 42.6 Å². The fourth-order valence-corrected chi connectivity index (χ4v) is 2.92. The molecule has 0 fully saturated rings. The summed E-state index contributed by atoms with van der Waals surface area (Å²) < 4.78 is 5.33. The van der Waals surface area contributed by atoms with E-state index in [0.717, 1.165) is 22.7 Å². The second-order valence-corrected chi connectivity index (χ2v) is 5.54. The van der Waals surface area contributed by atoms with Gasteiger partial charge in [-0.3, -0.25) is 4.99 Å². The SMILES string of the molecule is CNC1=c2ccc(OC)cc2=N[C@@](C)(c2ccccc2)C1. The number of rotatable bonds is 3. The molecular weight excluding hydrogens is 260 g/mol. The first-order valence-electron chi connectivity index (χ1n) is 7.17. The van der Waals surface area contributed by atoms with Gasteiger partial charge in [-0.05, 0) is 24.6 Å². The molecule has 3 rings (SSSR count). The van der Waals surface area contributed by atoms with Crippen molar-refractivity contribution in [2.24, 2.45) is 4.99 Å². The van der Waals surface area contributed by atoms with Gasteiger partial charge in [-0.25, -0.2) is 0 Å². The first-order chi connectivity index (χ1) is 10.2. The van der Waals surface area contributed by atoms with Crippen LogP contribution in [0.5, 0.6) is 5.75 Å². The minimum absolute atomic E-state index is 0.251. The average molecular weight is 280 g/mol. The van der Waals surface area contributed by atoms with Crippen LogP contribution in [0.4, 0.5) is 0 Å². The van der Waals surface area contributed by atoms with Crippen LogP contribution in [-0.2, 0) is 5.54 Å². The highest BCUT2D eigenvalue weighted by Crippen LogP contribution is 2.32. The molecule has 0 radical (unpaired) electrons. The maximum absolute atomic E-state index is 5.33. The number of methoxy groups -OCH3 is 1. The Bertz CT molecular complexity index is 768. The number of benzene rings is 2. The summed E-state index contributed by atoms with van der Waals surface area (Å²) in [4.78, 5) is 5.01. The Kier molecular flexibility index (Phi) is 3.42. The highest BCUT2D eigenvalue weighted by Gasteiger charge is 2.29. The highest BCUT2D eigenvalue weighted by molar-refractivity contribution is 5.48. The van der Waals surface area contributed by atoms with Crippen molar-refractivity contribution < 1.29 is 4.74 Å². The van der Waals surface area contributed by atoms with Gasteiger partial charge in [0.25, 0.3) is 0 Å². The minimum Gasteiger partial charge on any atom is -0.497 e. The molecule has 3 nitrogen and oxygen atoms in total. The maximum Gasteiger partial charge on any atom is 0.121 e. The zero-order chi connectivity index (χ0) is 14.9. The summed E-state index contributed by atoms with van der Waals surface area (Å²) in [6.45, 7) is 2.18. The number of nitrogens with zero attached hydrogens (tertiary/aromatic N) is 1. The van der Waals surface area contributed by atoms with Gasteiger partial charge < -0.3 is 10.1 Å². The summed E-state index contributed by atoms with van der Waals surface area (Å²) in [5.41, 5.74) is 2.19. The van der Waals surface area contributed by atoms with Crippen molar-refractivity contribution in [2.75, 3.05) is 14.2 Å². The van der Waals surface area contributed by atoms with Crippen LogP contribution < -0.4 is 20.6 Å². The molecular formula is C18H20N2O. The molecule has 0 saturated carbocycles. The lowest BCUT2D eigenvalue weighted by Gasteiger charge is -2.30. The molecule has 0 spiro atoms. The zero-order valence-electron chi connectivity index (χ0n) is 12.7. The second kappa shape index (κ2) is 5.24. The van der Waals surface area contributed by atoms with Crippen LogP contribution in [-0.4, -0.2) is 14.2 Å². The molecule has 0 amide bonds. The molecule has 21 heavy (non-hydrogen) atoms. The van der Waals surface area contributed by atoms with Gasteiger partial charge >= 0.3 is 0 Å². The van der Waals surface area contributed by atoms with Crippen molar-refractivity contribution in [3.63, 3.8) is 0 Å². The first kappa shape index (κ1) is 13.7. The largest absolute Gasteiger partial charge is 0.497 e. The summed E-state index contributed by atoms with van der Waals surface area (Å²) >= 11 is 0. The van der Waals surface area contributed by atoms with Crippen LogP contribution in [0.2, 0.25) is 0 Å². The van der Waals surface area contributed by atoms with Gasteiger partial charge in [0.05, 0.1) is 18.0 Å². The number of hydrogen-bond acceptors (Lipinski definition) is 3. The molecule has 0 saturated heterocycles. The molecule has 108 valence electrons. The van der Waals surface area contributed by atoms with Crippen molar-refractivity contribution >= 4 is 5.70 Å². The van der Waals surface area contributed by atoms with Gasteiger partial charge in [-0.15, -0.1) is 0 Å². The van der Waals surface area contributed by atoms with E-state index in [1.54, 1.807) is 7.11 Å². The van der Waals surface area contributed by atoms with E-state index in [4.69, 9.17) is 9.73 Å². The Morgan fingerprint density at radius 1 is 1.14 bits per heavy atom. The summed E-state index contributed by atoms with van der Waals surface area (Å²) in [7, 11) is 3.66. The number of fused-ring (bicyclic) bond motifs is 1. The van der Waals surface area contributed by atoms with E-state index in [1.807, 2.05) is 25.2 Å². The third-order valence-corrected chi connectivity index (χ3v) is 4.12. The number of nitrogens with one attached hydrogen (secondary N) is 1. The number of hydrogen-bond donors (Lipinski definition) is 1. The van der Waals surface area contributed by atoms with Crippen LogP contribution in [0.1, 0.15) is 18.9 Å². The van der Waals surface area contributed by atoms with E-state index in [1.165, 1.54) is 11.3 Å². The normalized spacial score (nSPS) is 20.4. The quantitative estimate of drug-likeness (QED) is 0.932. The lowest BCUT2D eigenvalue weighted by Crippen LogP contribution is -2.41. The number of ether oxygens (including phenoxy) is 1. The molecule has 0 unspecified atom stereocenters. The van der Waals surface area contributed by atoms with Gasteiger partial charge in [0.1, 0.15) is 5.75 Å². The molecule has 1 heterocycles. The zero-order valence-corrected chi connectivity index (χ0v) is 12.7. The molecule has 3 heteroatoms. The van der Waals surface area contributed by atoms with Gasteiger partial charge in [0.15, 0.2) is 0 Å². The lowest BCUT2D eigenvalue weighted by atomic mass is 9.85. The maximum atomic E-state index is 5.33. The van der Waals surface area contributed by atoms with E-state index < -0.39 is 0 Å². The highest BCUT2D eigenvalue weighted by atomic mass is 16.5. The Morgan fingerprint density at radius 2 is 1.90 bits per heavy atom. The summed E-state index contributed by atoms with van der Waals surface area (Å²) in [6.07, 6.45) is 0.868. The minimum atomic E-state index is -0.251. The van der Waals surface area contributed by atoms with Gasteiger partial charge in [-0.2, -0.15) is 0 Å². The third-order valence-electron chi connectivity index (χ3n) is 4.12. The van der Waals surface area contributed by atoms with E-state index in [0.29, 0.717) is 0 Å². The van der Waals surface area contributed by atoms with Gasteiger partial charge in [0, 0.05) is 30.5 Å². The predicted molar refractivity (Wildman–Crippen MR) is 84.7 cm³/mol. The molecule has 0 bridgehead atoms. The van der Waals surface area contributed by atoms with Crippen LogP contribution >= 0.6 is 0 Å². The van der Waals surface area contributed by atoms with E-state index in [-0.39, 0.29) is 5.54 Å². The standard InChI is InChI=1S/C18H20N2O/c1-18(13-7-5-4-6-8-13)12-17(19-2)15-10-9-14(21-3)11-16(15)20-18/h4-11,19H,12H2,1-3H3/t18-/m1/s1. The lowest BCUT2D eigenvalue weighted by molar-refractivity contribution is 0.412. The molecule has 1 atom stereocenters. The topological polar surface area (TPSA) is 33.6 Å². The van der Waals surface area contributed by atoms with Crippen molar-refractivity contribution in [2.45, 2.75) is 18.9 Å². The smallest absolute Gasteiger partial charge is 0.121 e. The molecule has 2 aromatic rings. The van der Waals surface area contributed by atoms with Gasteiger partial charge in [0.2, 0.25) is 0 Å². The fraction of sp³-hybridized carbons (Fsp3) is 0.278. The Hall–Kier alpha value is -2.29. The third kappa shape index (κ3) is 2.40. The van der Waals surface area contributed by atoms with Crippen LogP contribution in [0, 0.1) is 0 Å². The Labute approximate surface area is 125 Å². The van der Waals surface area contributed by atoms with Crippen LogP contribution in [0.3, 0.4) is 0 Å². The molecule has 0 aliphatic carbocycles. The van der Waals surface area contributed by atoms with Crippen molar-refractivity contribution in [1.82, 2.24) is 5.32 Å². The average Bonchev–Trinajstić information content (AvgIpc) is 2.54. The Balaban J connectivity index is 2.23. The molecule has 0 aromatic heterocycles. The summed E-state index contributed by atoms with van der Waals surface area (Å²) in [5, 5.41) is 5.48. The predicted octanol–water partition coefficient (Wildman–Crippen LogP) is 1.96. The first-order valence-corrected chi connectivity index (χ1v) is 7.17. The Morgan fingerprint density at radius 3 is 2.57 bits per heavy atom. The second-order valence-electron chi connectivity index (χ2n) is 5.54. The van der Waals surface area contributed by atoms with Crippen molar-refractivity contribution in [3.8, 4) is 5.75 Å². The van der Waals surface area contributed by atoms with Gasteiger partial charge in [-0.1, -0.05) is 30.3 Å². The van der Waals surface area contributed by atoms with Crippen molar-refractivity contribution in [3.05, 3.63) is 64.7 Å². The fourth-order valence-electron chi connectivity index (χ4n) is 2.92. The van der Waals surface area contributed by atoms with E-state index in [9.17, 15) is 0 Å². The summed E-state index contributed by atoms with van der Waals surface area (Å²) in [5.74, 6) is 0.838.